The Kier molecular flexibility index (Phi) is 5.44. The maximum atomic E-state index is 11.9. The number of pyridine rings is 1. The van der Waals surface area contributed by atoms with Crippen molar-refractivity contribution in [2.75, 3.05) is 0 Å². The quantitative estimate of drug-likeness (QED) is 0.789. The Balaban J connectivity index is 2.69. The van der Waals surface area contributed by atoms with E-state index in [4.69, 9.17) is 5.11 Å². The van der Waals surface area contributed by atoms with Crippen LogP contribution in [0.3, 0.4) is 0 Å². The fourth-order valence-electron chi connectivity index (χ4n) is 1.68. The number of rotatable bonds is 7. The maximum Gasteiger partial charge on any atom is 0.337 e. The van der Waals surface area contributed by atoms with Crippen LogP contribution in [-0.2, 0) is 16.6 Å². The van der Waals surface area contributed by atoms with Gasteiger partial charge in [0.1, 0.15) is 0 Å². The number of hydrogen-bond acceptors (Lipinski definition) is 4. The van der Waals surface area contributed by atoms with Crippen LogP contribution in [0.15, 0.2) is 18.3 Å². The first-order valence-corrected chi connectivity index (χ1v) is 7.62. The van der Waals surface area contributed by atoms with E-state index in [1.165, 1.54) is 18.3 Å². The van der Waals surface area contributed by atoms with Crippen molar-refractivity contribution >= 4 is 16.0 Å². The lowest BCUT2D eigenvalue weighted by molar-refractivity contribution is 0.0696. The number of sulfonamides is 1. The second-order valence-corrected chi connectivity index (χ2v) is 6.19. The summed E-state index contributed by atoms with van der Waals surface area (Å²) in [6, 6.07) is 2.90. The highest BCUT2D eigenvalue weighted by molar-refractivity contribution is 7.90. The van der Waals surface area contributed by atoms with Gasteiger partial charge in [-0.15, -0.1) is 0 Å². The van der Waals surface area contributed by atoms with E-state index in [2.05, 4.69) is 9.71 Å². The molecule has 1 heterocycles. The van der Waals surface area contributed by atoms with E-state index in [1.807, 2.05) is 13.8 Å². The normalized spacial score (nSPS) is 11.7. The van der Waals surface area contributed by atoms with Crippen LogP contribution in [0.1, 0.15) is 42.7 Å². The van der Waals surface area contributed by atoms with Crippen LogP contribution in [0.5, 0.6) is 0 Å². The average molecular weight is 286 g/mol. The van der Waals surface area contributed by atoms with Crippen molar-refractivity contribution in [2.24, 2.45) is 0 Å². The van der Waals surface area contributed by atoms with E-state index in [9.17, 15) is 13.2 Å². The zero-order chi connectivity index (χ0) is 14.5. The first kappa shape index (κ1) is 15.6. The number of aromatic nitrogens is 1. The standard InChI is InChI=1S/C12H18N2O4S/c1-3-11(4-2)19(17,18)14-8-10-6-5-9(7-13-10)12(15)16/h5-7,11,14H,3-4,8H2,1-2H3,(H,15,16). The zero-order valence-electron chi connectivity index (χ0n) is 11.0. The maximum absolute atomic E-state index is 11.9. The topological polar surface area (TPSA) is 96.4 Å². The molecule has 0 aliphatic carbocycles. The summed E-state index contributed by atoms with van der Waals surface area (Å²) >= 11 is 0. The molecule has 0 saturated carbocycles. The number of carboxylic acid groups (broad SMARTS) is 1. The smallest absolute Gasteiger partial charge is 0.337 e. The summed E-state index contributed by atoms with van der Waals surface area (Å²) in [7, 11) is -3.35. The summed E-state index contributed by atoms with van der Waals surface area (Å²) < 4.78 is 26.3. The van der Waals surface area contributed by atoms with Gasteiger partial charge in [-0.2, -0.15) is 0 Å². The minimum absolute atomic E-state index is 0.0682. The minimum Gasteiger partial charge on any atom is -0.478 e. The van der Waals surface area contributed by atoms with Crippen molar-refractivity contribution in [3.8, 4) is 0 Å². The molecule has 7 heteroatoms. The minimum atomic E-state index is -3.35. The van der Waals surface area contributed by atoms with Gasteiger partial charge in [-0.1, -0.05) is 13.8 Å². The van der Waals surface area contributed by atoms with Gasteiger partial charge in [0, 0.05) is 6.20 Å². The third-order valence-corrected chi connectivity index (χ3v) is 4.97. The van der Waals surface area contributed by atoms with Gasteiger partial charge in [-0.25, -0.2) is 17.9 Å². The number of carbonyl (C=O) groups is 1. The second-order valence-electron chi connectivity index (χ2n) is 4.15. The monoisotopic (exact) mass is 286 g/mol. The van der Waals surface area contributed by atoms with E-state index in [0.29, 0.717) is 18.5 Å². The van der Waals surface area contributed by atoms with E-state index in [-0.39, 0.29) is 12.1 Å². The molecule has 2 N–H and O–H groups in total. The summed E-state index contributed by atoms with van der Waals surface area (Å²) in [5.41, 5.74) is 0.561. The lowest BCUT2D eigenvalue weighted by atomic mass is 10.2. The molecule has 0 radical (unpaired) electrons. The molecule has 19 heavy (non-hydrogen) atoms. The Morgan fingerprint density at radius 2 is 2.00 bits per heavy atom. The number of aromatic carboxylic acids is 1. The van der Waals surface area contributed by atoms with Crippen molar-refractivity contribution < 1.29 is 18.3 Å². The summed E-state index contributed by atoms with van der Waals surface area (Å²) in [5, 5.41) is 8.31. The molecule has 6 nitrogen and oxygen atoms in total. The predicted octanol–water partition coefficient (Wildman–Crippen LogP) is 1.39. The third-order valence-electron chi connectivity index (χ3n) is 2.88. The van der Waals surface area contributed by atoms with E-state index in [0.717, 1.165) is 0 Å². The van der Waals surface area contributed by atoms with E-state index >= 15 is 0 Å². The molecule has 1 aromatic rings. The first-order valence-electron chi connectivity index (χ1n) is 6.07. The molecule has 0 atom stereocenters. The molecule has 0 unspecified atom stereocenters. The van der Waals surface area contributed by atoms with Crippen molar-refractivity contribution in [2.45, 2.75) is 38.5 Å². The lowest BCUT2D eigenvalue weighted by Gasteiger charge is -2.14. The Labute approximate surface area is 112 Å². The van der Waals surface area contributed by atoms with Gasteiger partial charge in [0.2, 0.25) is 10.0 Å². The summed E-state index contributed by atoms with van der Waals surface area (Å²) in [6.07, 6.45) is 2.32. The fourth-order valence-corrected chi connectivity index (χ4v) is 3.14. The predicted molar refractivity (Wildman–Crippen MR) is 71.3 cm³/mol. The SMILES string of the molecule is CCC(CC)S(=O)(=O)NCc1ccc(C(=O)O)cn1. The molecule has 0 aliphatic rings. The van der Waals surface area contributed by atoms with Gasteiger partial charge in [-0.3, -0.25) is 4.98 Å². The van der Waals surface area contributed by atoms with E-state index in [1.54, 1.807) is 0 Å². The van der Waals surface area contributed by atoms with Crippen molar-refractivity contribution in [1.29, 1.82) is 0 Å². The first-order chi connectivity index (χ1) is 8.90. The fraction of sp³-hybridized carbons (Fsp3) is 0.500. The average Bonchev–Trinajstić information content (AvgIpc) is 2.38. The number of hydrogen-bond donors (Lipinski definition) is 2. The second kappa shape index (κ2) is 6.63. The molecule has 1 rings (SSSR count). The molecule has 106 valence electrons. The van der Waals surface area contributed by atoms with Gasteiger partial charge < -0.3 is 5.11 Å². The Morgan fingerprint density at radius 3 is 2.42 bits per heavy atom. The zero-order valence-corrected chi connectivity index (χ0v) is 11.8. The highest BCUT2D eigenvalue weighted by atomic mass is 32.2. The van der Waals surface area contributed by atoms with Crippen LogP contribution in [0.25, 0.3) is 0 Å². The summed E-state index contributed by atoms with van der Waals surface area (Å²) in [5.74, 6) is -1.06. The van der Waals surface area contributed by atoms with Crippen molar-refractivity contribution in [1.82, 2.24) is 9.71 Å². The van der Waals surface area contributed by atoms with Crippen LogP contribution in [-0.4, -0.2) is 29.7 Å². The summed E-state index contributed by atoms with van der Waals surface area (Å²) in [4.78, 5) is 14.6. The van der Waals surface area contributed by atoms with Gasteiger partial charge in [0.05, 0.1) is 23.1 Å². The van der Waals surface area contributed by atoms with Gasteiger partial charge in [0.25, 0.3) is 0 Å². The highest BCUT2D eigenvalue weighted by Crippen LogP contribution is 2.09. The molecule has 0 fully saturated rings. The van der Waals surface area contributed by atoms with Crippen LogP contribution in [0.4, 0.5) is 0 Å². The van der Waals surface area contributed by atoms with Gasteiger partial charge in [-0.05, 0) is 25.0 Å². The van der Waals surface area contributed by atoms with Crippen LogP contribution < -0.4 is 4.72 Å². The van der Waals surface area contributed by atoms with Gasteiger partial charge >= 0.3 is 5.97 Å². The molecular weight excluding hydrogens is 268 g/mol. The summed E-state index contributed by atoms with van der Waals surface area (Å²) in [6.45, 7) is 3.72. The molecule has 0 aromatic carbocycles. The molecule has 0 saturated heterocycles. The van der Waals surface area contributed by atoms with Crippen molar-refractivity contribution in [3.63, 3.8) is 0 Å². The Hall–Kier alpha value is -1.47. The lowest BCUT2D eigenvalue weighted by Crippen LogP contribution is -2.33. The van der Waals surface area contributed by atoms with Crippen LogP contribution in [0, 0.1) is 0 Å². The Morgan fingerprint density at radius 1 is 1.37 bits per heavy atom. The third kappa shape index (κ3) is 4.29. The number of nitrogens with one attached hydrogen (secondary N) is 1. The molecule has 0 aliphatic heterocycles. The molecule has 0 spiro atoms. The highest BCUT2D eigenvalue weighted by Gasteiger charge is 2.21. The number of nitrogens with zero attached hydrogens (tertiary/aromatic N) is 1. The van der Waals surface area contributed by atoms with Crippen LogP contribution >= 0.6 is 0 Å². The van der Waals surface area contributed by atoms with E-state index < -0.39 is 21.2 Å². The molecule has 1 aromatic heterocycles. The molecule has 0 amide bonds. The largest absolute Gasteiger partial charge is 0.478 e. The number of carboxylic acids is 1. The Bertz CT molecular complexity index is 521. The van der Waals surface area contributed by atoms with Gasteiger partial charge in [0.15, 0.2) is 0 Å². The van der Waals surface area contributed by atoms with Crippen molar-refractivity contribution in [3.05, 3.63) is 29.6 Å². The molecular formula is C12H18N2O4S. The molecule has 0 bridgehead atoms. The van der Waals surface area contributed by atoms with Crippen LogP contribution in [0.2, 0.25) is 0 Å².